The fourth-order valence-electron chi connectivity index (χ4n) is 2.56. The molecule has 1 aliphatic heterocycles. The molecule has 0 spiro atoms. The fraction of sp³-hybridized carbons (Fsp3) is 0.818. The summed E-state index contributed by atoms with van der Waals surface area (Å²) in [6, 6.07) is 0. The quantitative estimate of drug-likeness (QED) is 0.544. The molecule has 12 heavy (non-hydrogen) atoms. The first-order valence-electron chi connectivity index (χ1n) is 5.29. The average molecular weight is 165 g/mol. The number of rotatable bonds is 0. The van der Waals surface area contributed by atoms with Gasteiger partial charge >= 0.3 is 0 Å². The van der Waals surface area contributed by atoms with Crippen LogP contribution in [0.25, 0.3) is 0 Å². The van der Waals surface area contributed by atoms with Crippen molar-refractivity contribution in [2.24, 2.45) is 5.92 Å². The predicted octanol–water partition coefficient (Wildman–Crippen LogP) is 2.49. The minimum Gasteiger partial charge on any atom is -0.316 e. The molecule has 1 atom stereocenters. The number of allylic oxidation sites excluding steroid dienone is 1. The lowest BCUT2D eigenvalue weighted by Gasteiger charge is -2.25. The van der Waals surface area contributed by atoms with Gasteiger partial charge in [0.1, 0.15) is 0 Å². The Balaban J connectivity index is 2.12. The molecule has 1 nitrogen and oxygen atoms in total. The lowest BCUT2D eigenvalue weighted by molar-refractivity contribution is 0.494. The summed E-state index contributed by atoms with van der Waals surface area (Å²) in [7, 11) is 0. The summed E-state index contributed by atoms with van der Waals surface area (Å²) in [6.07, 6.45) is 7.01. The third-order valence-corrected chi connectivity index (χ3v) is 3.28. The van der Waals surface area contributed by atoms with Gasteiger partial charge in [-0.05, 0) is 44.6 Å². The summed E-state index contributed by atoms with van der Waals surface area (Å²) in [5.41, 5.74) is 3.61. The molecule has 1 saturated heterocycles. The Labute approximate surface area is 75.2 Å². The third kappa shape index (κ3) is 1.56. The summed E-state index contributed by atoms with van der Waals surface area (Å²) >= 11 is 0. The highest BCUT2D eigenvalue weighted by Gasteiger charge is 2.19. The second-order valence-electron chi connectivity index (χ2n) is 4.19. The number of piperidine rings is 1. The maximum Gasteiger partial charge on any atom is 0.00144 e. The monoisotopic (exact) mass is 165 g/mol. The van der Waals surface area contributed by atoms with Crippen molar-refractivity contribution in [3.63, 3.8) is 0 Å². The van der Waals surface area contributed by atoms with Crippen molar-refractivity contribution < 1.29 is 0 Å². The molecule has 2 aliphatic rings. The van der Waals surface area contributed by atoms with E-state index in [0.717, 1.165) is 5.92 Å². The number of nitrogens with one attached hydrogen (secondary N) is 1. The van der Waals surface area contributed by atoms with Gasteiger partial charge < -0.3 is 5.32 Å². The highest BCUT2D eigenvalue weighted by atomic mass is 14.9. The van der Waals surface area contributed by atoms with Crippen LogP contribution in [0.5, 0.6) is 0 Å². The summed E-state index contributed by atoms with van der Waals surface area (Å²) in [5, 5.41) is 3.45. The zero-order chi connectivity index (χ0) is 8.39. The number of hydrogen-bond donors (Lipinski definition) is 1. The predicted molar refractivity (Wildman–Crippen MR) is 52.1 cm³/mol. The maximum absolute atomic E-state index is 3.45. The van der Waals surface area contributed by atoms with Crippen LogP contribution in [0.4, 0.5) is 0 Å². The van der Waals surface area contributed by atoms with E-state index in [2.05, 4.69) is 12.2 Å². The lowest BCUT2D eigenvalue weighted by atomic mass is 9.89. The van der Waals surface area contributed by atoms with E-state index in [0.29, 0.717) is 0 Å². The van der Waals surface area contributed by atoms with Gasteiger partial charge in [0.25, 0.3) is 0 Å². The van der Waals surface area contributed by atoms with Crippen LogP contribution in [0, 0.1) is 5.92 Å². The van der Waals surface area contributed by atoms with E-state index in [1.54, 1.807) is 5.57 Å². The second kappa shape index (κ2) is 3.61. The summed E-state index contributed by atoms with van der Waals surface area (Å²) in [4.78, 5) is 0. The molecule has 1 heterocycles. The smallest absolute Gasteiger partial charge is 0.00144 e. The van der Waals surface area contributed by atoms with Gasteiger partial charge in [-0.25, -0.2) is 0 Å². The first-order chi connectivity index (χ1) is 5.88. The van der Waals surface area contributed by atoms with Crippen LogP contribution < -0.4 is 5.32 Å². The molecule has 1 aliphatic carbocycles. The summed E-state index contributed by atoms with van der Waals surface area (Å²) in [6.45, 7) is 4.79. The first kappa shape index (κ1) is 8.31. The Morgan fingerprint density at radius 1 is 1.17 bits per heavy atom. The SMILES string of the molecule is CC1CNCCC1=C1CCCC1. The molecule has 2 fully saturated rings. The molecule has 2 rings (SSSR count). The zero-order valence-corrected chi connectivity index (χ0v) is 8.03. The van der Waals surface area contributed by atoms with E-state index in [1.807, 2.05) is 5.57 Å². The molecule has 0 aromatic carbocycles. The van der Waals surface area contributed by atoms with Crippen molar-refractivity contribution in [3.8, 4) is 0 Å². The Kier molecular flexibility index (Phi) is 2.50. The van der Waals surface area contributed by atoms with Crippen molar-refractivity contribution in [3.05, 3.63) is 11.1 Å². The van der Waals surface area contributed by atoms with Crippen LogP contribution in [0.2, 0.25) is 0 Å². The van der Waals surface area contributed by atoms with Crippen LogP contribution in [-0.2, 0) is 0 Å². The lowest BCUT2D eigenvalue weighted by Crippen LogP contribution is -2.30. The average Bonchev–Trinajstić information content (AvgIpc) is 2.57. The third-order valence-electron chi connectivity index (χ3n) is 3.28. The molecule has 0 radical (unpaired) electrons. The minimum absolute atomic E-state index is 0.812. The molecule has 0 aromatic rings. The molecular formula is C11H19N. The van der Waals surface area contributed by atoms with Crippen LogP contribution in [0.1, 0.15) is 39.0 Å². The Hall–Kier alpha value is -0.300. The minimum atomic E-state index is 0.812. The molecule has 0 aromatic heterocycles. The van der Waals surface area contributed by atoms with Gasteiger partial charge in [0, 0.05) is 6.54 Å². The fourth-order valence-corrected chi connectivity index (χ4v) is 2.56. The van der Waals surface area contributed by atoms with E-state index in [4.69, 9.17) is 0 Å². The van der Waals surface area contributed by atoms with Gasteiger partial charge in [-0.3, -0.25) is 0 Å². The highest BCUT2D eigenvalue weighted by molar-refractivity contribution is 5.21. The normalized spacial score (nSPS) is 31.2. The van der Waals surface area contributed by atoms with Crippen molar-refractivity contribution in [2.75, 3.05) is 13.1 Å². The van der Waals surface area contributed by atoms with E-state index < -0.39 is 0 Å². The molecule has 1 N–H and O–H groups in total. The molecular weight excluding hydrogens is 146 g/mol. The van der Waals surface area contributed by atoms with E-state index in [1.165, 1.54) is 45.2 Å². The summed E-state index contributed by atoms with van der Waals surface area (Å²) in [5.74, 6) is 0.812. The Morgan fingerprint density at radius 2 is 1.92 bits per heavy atom. The van der Waals surface area contributed by atoms with E-state index >= 15 is 0 Å². The molecule has 1 heteroatoms. The second-order valence-corrected chi connectivity index (χ2v) is 4.19. The standard InChI is InChI=1S/C11H19N/c1-9-8-12-7-6-11(9)10-4-2-3-5-10/h9,12H,2-8H2,1H3. The Morgan fingerprint density at radius 3 is 2.58 bits per heavy atom. The molecule has 0 bridgehead atoms. The maximum atomic E-state index is 3.45. The van der Waals surface area contributed by atoms with Crippen LogP contribution >= 0.6 is 0 Å². The summed E-state index contributed by atoms with van der Waals surface area (Å²) < 4.78 is 0. The molecule has 0 amide bonds. The van der Waals surface area contributed by atoms with E-state index in [9.17, 15) is 0 Å². The van der Waals surface area contributed by atoms with Crippen molar-refractivity contribution >= 4 is 0 Å². The van der Waals surface area contributed by atoms with E-state index in [-0.39, 0.29) is 0 Å². The van der Waals surface area contributed by atoms with Crippen LogP contribution in [0.15, 0.2) is 11.1 Å². The van der Waals surface area contributed by atoms with Crippen LogP contribution in [-0.4, -0.2) is 13.1 Å². The van der Waals surface area contributed by atoms with Gasteiger partial charge in [0.05, 0.1) is 0 Å². The van der Waals surface area contributed by atoms with Crippen molar-refractivity contribution in [2.45, 2.75) is 39.0 Å². The van der Waals surface area contributed by atoms with Gasteiger partial charge in [0.2, 0.25) is 0 Å². The molecule has 1 saturated carbocycles. The van der Waals surface area contributed by atoms with Gasteiger partial charge in [-0.2, -0.15) is 0 Å². The Bertz CT molecular complexity index is 185. The largest absolute Gasteiger partial charge is 0.316 e. The first-order valence-corrected chi connectivity index (χ1v) is 5.29. The van der Waals surface area contributed by atoms with Crippen LogP contribution in [0.3, 0.4) is 0 Å². The highest BCUT2D eigenvalue weighted by Crippen LogP contribution is 2.32. The van der Waals surface area contributed by atoms with Crippen molar-refractivity contribution in [1.29, 1.82) is 0 Å². The van der Waals surface area contributed by atoms with Gasteiger partial charge in [-0.1, -0.05) is 18.1 Å². The van der Waals surface area contributed by atoms with Gasteiger partial charge in [0.15, 0.2) is 0 Å². The van der Waals surface area contributed by atoms with Gasteiger partial charge in [-0.15, -0.1) is 0 Å². The number of hydrogen-bond acceptors (Lipinski definition) is 1. The zero-order valence-electron chi connectivity index (χ0n) is 8.03. The molecule has 1 unspecified atom stereocenters. The topological polar surface area (TPSA) is 12.0 Å². The van der Waals surface area contributed by atoms with Crippen molar-refractivity contribution in [1.82, 2.24) is 5.32 Å². The molecule has 68 valence electrons.